The molecule has 0 spiro atoms. The lowest BCUT2D eigenvalue weighted by Crippen LogP contribution is -2.60. The third-order valence-electron chi connectivity index (χ3n) is 5.55. The van der Waals surface area contributed by atoms with Gasteiger partial charge in [0.2, 0.25) is 6.29 Å². The second-order valence-electron chi connectivity index (χ2n) is 7.38. The lowest BCUT2D eigenvalue weighted by Gasteiger charge is -2.39. The monoisotopic (exact) mass is 392 g/mol. The number of aliphatic hydroxyl groups excluding tert-OH is 4. The Labute approximate surface area is 160 Å². The molecule has 0 radical (unpaired) electrons. The average Bonchev–Trinajstić information content (AvgIpc) is 2.95. The molecule has 1 aliphatic carbocycles. The van der Waals surface area contributed by atoms with Crippen LogP contribution in [0, 0.1) is 0 Å². The van der Waals surface area contributed by atoms with Crippen LogP contribution in [0.1, 0.15) is 30.4 Å². The largest absolute Gasteiger partial charge is 0.462 e. The fraction of sp³-hybridized carbons (Fsp3) is 0.550. The molecule has 2 heterocycles. The Kier molecular flexibility index (Phi) is 5.39. The second-order valence-corrected chi connectivity index (χ2v) is 7.38. The number of aliphatic hydroxyl groups is 4. The molecule has 152 valence electrons. The maximum Gasteiger partial charge on any atom is 0.339 e. The summed E-state index contributed by atoms with van der Waals surface area (Å²) in [4.78, 5) is 12.4. The Morgan fingerprint density at radius 2 is 1.75 bits per heavy atom. The van der Waals surface area contributed by atoms with Gasteiger partial charge < -0.3 is 34.3 Å². The molecule has 2 aromatic rings. The fourth-order valence-corrected chi connectivity index (χ4v) is 3.97. The molecule has 4 N–H and O–H groups in total. The molecule has 1 aliphatic heterocycles. The Hall–Kier alpha value is -1.97. The number of ether oxygens (including phenoxy) is 2. The smallest absolute Gasteiger partial charge is 0.339 e. The lowest BCUT2D eigenvalue weighted by molar-refractivity contribution is -0.277. The van der Waals surface area contributed by atoms with Gasteiger partial charge in [-0.2, -0.15) is 0 Å². The molecule has 8 heteroatoms. The van der Waals surface area contributed by atoms with Crippen molar-refractivity contribution in [3.63, 3.8) is 0 Å². The van der Waals surface area contributed by atoms with Crippen molar-refractivity contribution >= 4 is 11.0 Å². The Balaban J connectivity index is 1.64. The molecule has 0 unspecified atom stereocenters. The molecule has 1 aromatic carbocycles. The van der Waals surface area contributed by atoms with Gasteiger partial charge in [0, 0.05) is 17.0 Å². The van der Waals surface area contributed by atoms with Crippen LogP contribution in [0.4, 0.5) is 0 Å². The predicted molar refractivity (Wildman–Crippen MR) is 98.1 cm³/mol. The fourth-order valence-electron chi connectivity index (χ4n) is 3.97. The highest BCUT2D eigenvalue weighted by Crippen LogP contribution is 2.30. The van der Waals surface area contributed by atoms with Crippen molar-refractivity contribution in [2.45, 2.75) is 62.8 Å². The van der Waals surface area contributed by atoms with Crippen LogP contribution in [0.5, 0.6) is 5.75 Å². The Morgan fingerprint density at radius 3 is 2.50 bits per heavy atom. The molecule has 1 fully saturated rings. The maximum absolute atomic E-state index is 12.4. The molecule has 2 aliphatic rings. The predicted octanol–water partition coefficient (Wildman–Crippen LogP) is 0.241. The second kappa shape index (κ2) is 7.81. The molecule has 4 rings (SSSR count). The maximum atomic E-state index is 12.4. The van der Waals surface area contributed by atoms with Gasteiger partial charge in [-0.15, -0.1) is 0 Å². The molecule has 5 atom stereocenters. The SMILES string of the molecule is O=c1oc2cc(O[C@H]3O[C@H](CO)[C@@H](O)[C@H](O)[C@H]3O)ccc2c2c1CCCCC2. The van der Waals surface area contributed by atoms with Gasteiger partial charge in [0.1, 0.15) is 35.7 Å². The van der Waals surface area contributed by atoms with Gasteiger partial charge in [0.25, 0.3) is 0 Å². The summed E-state index contributed by atoms with van der Waals surface area (Å²) in [5.74, 6) is 0.272. The molecular formula is C20H24O8. The van der Waals surface area contributed by atoms with Crippen LogP contribution < -0.4 is 10.4 Å². The van der Waals surface area contributed by atoms with Crippen LogP contribution in [0.15, 0.2) is 27.4 Å². The summed E-state index contributed by atoms with van der Waals surface area (Å²) in [5, 5.41) is 40.0. The van der Waals surface area contributed by atoms with Crippen molar-refractivity contribution in [1.82, 2.24) is 0 Å². The summed E-state index contributed by atoms with van der Waals surface area (Å²) in [6.45, 7) is -0.538. The van der Waals surface area contributed by atoms with Gasteiger partial charge in [0.15, 0.2) is 0 Å². The zero-order valence-electron chi connectivity index (χ0n) is 15.3. The summed E-state index contributed by atoms with van der Waals surface area (Å²) in [5.41, 5.74) is 1.80. The highest BCUT2D eigenvalue weighted by atomic mass is 16.7. The topological polar surface area (TPSA) is 130 Å². The van der Waals surface area contributed by atoms with Crippen molar-refractivity contribution in [3.05, 3.63) is 39.7 Å². The summed E-state index contributed by atoms with van der Waals surface area (Å²) in [6, 6.07) is 5.03. The van der Waals surface area contributed by atoms with Gasteiger partial charge in [-0.1, -0.05) is 6.42 Å². The normalized spacial score (nSPS) is 30.6. The molecule has 1 aromatic heterocycles. The number of benzene rings is 1. The number of aryl methyl sites for hydroxylation is 1. The minimum absolute atomic E-state index is 0.272. The number of rotatable bonds is 3. The van der Waals surface area contributed by atoms with Gasteiger partial charge in [-0.05, 0) is 43.4 Å². The van der Waals surface area contributed by atoms with Crippen molar-refractivity contribution in [2.75, 3.05) is 6.61 Å². The van der Waals surface area contributed by atoms with E-state index < -0.39 is 37.3 Å². The minimum Gasteiger partial charge on any atom is -0.462 e. The first-order valence-electron chi connectivity index (χ1n) is 9.55. The molecule has 8 nitrogen and oxygen atoms in total. The molecule has 0 amide bonds. The minimum atomic E-state index is -1.52. The van der Waals surface area contributed by atoms with Crippen molar-refractivity contribution in [3.8, 4) is 5.75 Å². The highest BCUT2D eigenvalue weighted by Gasteiger charge is 2.44. The van der Waals surface area contributed by atoms with Crippen LogP contribution >= 0.6 is 0 Å². The third kappa shape index (κ3) is 3.42. The number of hydrogen-bond acceptors (Lipinski definition) is 8. The van der Waals surface area contributed by atoms with E-state index in [1.807, 2.05) is 6.07 Å². The van der Waals surface area contributed by atoms with Crippen LogP contribution in [-0.4, -0.2) is 57.7 Å². The molecule has 0 saturated carbocycles. The molecule has 28 heavy (non-hydrogen) atoms. The summed E-state index contributed by atoms with van der Waals surface area (Å²) < 4.78 is 16.5. The van der Waals surface area contributed by atoms with Crippen molar-refractivity contribution in [2.24, 2.45) is 0 Å². The highest BCUT2D eigenvalue weighted by molar-refractivity contribution is 5.82. The van der Waals surface area contributed by atoms with Crippen LogP contribution in [0.3, 0.4) is 0 Å². The van der Waals surface area contributed by atoms with E-state index >= 15 is 0 Å². The Bertz CT molecular complexity index is 905. The van der Waals surface area contributed by atoms with Crippen molar-refractivity contribution in [1.29, 1.82) is 0 Å². The van der Waals surface area contributed by atoms with E-state index in [1.54, 1.807) is 12.1 Å². The van der Waals surface area contributed by atoms with E-state index in [9.17, 15) is 25.2 Å². The zero-order chi connectivity index (χ0) is 19.8. The first-order valence-corrected chi connectivity index (χ1v) is 9.55. The summed E-state index contributed by atoms with van der Waals surface area (Å²) >= 11 is 0. The van der Waals surface area contributed by atoms with E-state index in [0.717, 1.165) is 48.6 Å². The summed E-state index contributed by atoms with van der Waals surface area (Å²) in [7, 11) is 0. The van der Waals surface area contributed by atoms with E-state index in [0.29, 0.717) is 5.58 Å². The van der Waals surface area contributed by atoms with E-state index in [4.69, 9.17) is 13.9 Å². The standard InChI is InChI=1S/C20H24O8/c21-9-15-16(22)17(23)18(24)20(28-15)26-10-6-7-12-11-4-2-1-3-5-13(11)19(25)27-14(12)8-10/h6-8,15-18,20-24H,1-5,9H2/t15-,16-,17+,18-,20+/m1/s1. The van der Waals surface area contributed by atoms with Gasteiger partial charge in [0.05, 0.1) is 6.61 Å². The first-order chi connectivity index (χ1) is 13.5. The van der Waals surface area contributed by atoms with Crippen molar-refractivity contribution < 1.29 is 34.3 Å². The average molecular weight is 392 g/mol. The van der Waals surface area contributed by atoms with E-state index in [2.05, 4.69) is 0 Å². The molecular weight excluding hydrogens is 368 g/mol. The number of hydrogen-bond donors (Lipinski definition) is 4. The van der Waals surface area contributed by atoms with Gasteiger partial charge >= 0.3 is 5.63 Å². The van der Waals surface area contributed by atoms with Gasteiger partial charge in [-0.3, -0.25) is 0 Å². The molecule has 1 saturated heterocycles. The quantitative estimate of drug-likeness (QED) is 0.432. The number of fused-ring (bicyclic) bond motifs is 3. The zero-order valence-corrected chi connectivity index (χ0v) is 15.3. The molecule has 0 bridgehead atoms. The van der Waals surface area contributed by atoms with Gasteiger partial charge in [-0.25, -0.2) is 4.79 Å². The lowest BCUT2D eigenvalue weighted by atomic mass is 9.99. The van der Waals surface area contributed by atoms with E-state index in [1.165, 1.54) is 0 Å². The van der Waals surface area contributed by atoms with E-state index in [-0.39, 0.29) is 11.4 Å². The van der Waals surface area contributed by atoms with Crippen LogP contribution in [0.2, 0.25) is 0 Å². The van der Waals surface area contributed by atoms with Crippen LogP contribution in [-0.2, 0) is 17.6 Å². The first kappa shape index (κ1) is 19.4. The van der Waals surface area contributed by atoms with Crippen LogP contribution in [0.25, 0.3) is 11.0 Å². The summed E-state index contributed by atoms with van der Waals surface area (Å²) in [6.07, 6.45) is -2.22. The Morgan fingerprint density at radius 1 is 1.00 bits per heavy atom. The third-order valence-corrected chi connectivity index (χ3v) is 5.55.